The minimum absolute atomic E-state index is 0.00126. The van der Waals surface area contributed by atoms with E-state index < -0.39 is 29.4 Å². The zero-order chi connectivity index (χ0) is 25.9. The molecule has 1 saturated heterocycles. The number of nitrogens with zero attached hydrogens (tertiary/aromatic N) is 5. The lowest BCUT2D eigenvalue weighted by molar-refractivity contribution is -0.137. The molecule has 0 aliphatic carbocycles. The number of hydrazone groups is 1. The van der Waals surface area contributed by atoms with Gasteiger partial charge in [0.2, 0.25) is 11.9 Å². The molecule has 1 unspecified atom stereocenters. The van der Waals surface area contributed by atoms with Crippen molar-refractivity contribution in [1.82, 2.24) is 15.2 Å². The number of carbonyl (C=O) groups excluding carboxylic acids is 1. The molecule has 1 amide bonds. The fourth-order valence-corrected chi connectivity index (χ4v) is 4.23. The quantitative estimate of drug-likeness (QED) is 0.222. The van der Waals surface area contributed by atoms with Crippen molar-refractivity contribution in [2.45, 2.75) is 31.5 Å². The monoisotopic (exact) mass is 504 g/mol. The van der Waals surface area contributed by atoms with Crippen LogP contribution >= 0.6 is 0 Å². The third-order valence-corrected chi connectivity index (χ3v) is 5.91. The molecule has 2 aromatic carbocycles. The van der Waals surface area contributed by atoms with Crippen molar-refractivity contribution in [3.05, 3.63) is 70.8 Å². The van der Waals surface area contributed by atoms with E-state index in [0.29, 0.717) is 24.9 Å². The van der Waals surface area contributed by atoms with E-state index in [4.69, 9.17) is 0 Å². The number of guanidine groups is 1. The molecule has 188 valence electrons. The highest BCUT2D eigenvalue weighted by Gasteiger charge is 2.39. The third kappa shape index (κ3) is 5.45. The van der Waals surface area contributed by atoms with Gasteiger partial charge in [-0.2, -0.15) is 23.5 Å². The van der Waals surface area contributed by atoms with Crippen LogP contribution in [-0.4, -0.2) is 53.2 Å². The molecule has 12 heteroatoms. The maximum Gasteiger partial charge on any atom is 0.416 e. The number of likely N-dealkylation sites (tertiary alicyclic amines) is 1. The smallest absolute Gasteiger partial charge is 0.332 e. The van der Waals surface area contributed by atoms with Crippen molar-refractivity contribution < 1.29 is 26.7 Å². The van der Waals surface area contributed by atoms with Gasteiger partial charge in [0.05, 0.1) is 23.9 Å². The first-order valence-electron chi connectivity index (χ1n) is 11.1. The first-order valence-corrected chi connectivity index (χ1v) is 11.1. The fourth-order valence-electron chi connectivity index (χ4n) is 4.23. The minimum atomic E-state index is -4.47. The summed E-state index contributed by atoms with van der Waals surface area (Å²) in [6, 6.07) is 7.25. The predicted molar refractivity (Wildman–Crippen MR) is 121 cm³/mol. The van der Waals surface area contributed by atoms with Crippen molar-refractivity contribution in [2.24, 2.45) is 10.1 Å². The predicted octanol–water partition coefficient (Wildman–Crippen LogP) is 3.66. The van der Waals surface area contributed by atoms with E-state index in [1.807, 2.05) is 0 Å². The molecule has 2 aliphatic heterocycles. The number of nitriles is 1. The number of aliphatic imine (C=N–C) groups is 1. The summed E-state index contributed by atoms with van der Waals surface area (Å²) in [4.78, 5) is 18.3. The summed E-state index contributed by atoms with van der Waals surface area (Å²) in [6.07, 6.45) is -1.60. The first kappa shape index (κ1) is 25.1. The number of hydrogen-bond acceptors (Lipinski definition) is 4. The molecule has 1 fully saturated rings. The molecule has 36 heavy (non-hydrogen) atoms. The summed E-state index contributed by atoms with van der Waals surface area (Å²) < 4.78 is 67.0. The summed E-state index contributed by atoms with van der Waals surface area (Å²) in [6.45, 7) is 0.534. The van der Waals surface area contributed by atoms with Gasteiger partial charge in [-0.05, 0) is 36.6 Å². The Morgan fingerprint density at radius 2 is 2.03 bits per heavy atom. The van der Waals surface area contributed by atoms with Crippen LogP contribution in [0.15, 0.2) is 52.6 Å². The van der Waals surface area contributed by atoms with Crippen LogP contribution in [0.1, 0.15) is 29.5 Å². The van der Waals surface area contributed by atoms with Crippen molar-refractivity contribution >= 4 is 17.6 Å². The largest absolute Gasteiger partial charge is 0.416 e. The number of halogens is 5. The van der Waals surface area contributed by atoms with Crippen LogP contribution in [0, 0.1) is 23.1 Å². The standard InChI is InChI=1S/C24H21F5N6O/c25-17-6-7-18(19(26)12-17)22-20(34-10-2-5-21(34)36)13-35(33-22)23(32-14-30)31-9-8-15-3-1-4-16(11-15)24(27,28)29/h1,3-4,6-7,11-12,20H,2,5,8-10,13H2,(H,31,32). The van der Waals surface area contributed by atoms with Gasteiger partial charge < -0.3 is 4.90 Å². The summed E-state index contributed by atoms with van der Waals surface area (Å²) in [5, 5.41) is 17.3. The van der Waals surface area contributed by atoms with Gasteiger partial charge in [-0.15, -0.1) is 0 Å². The van der Waals surface area contributed by atoms with Crippen LogP contribution in [0.5, 0.6) is 0 Å². The maximum absolute atomic E-state index is 14.6. The van der Waals surface area contributed by atoms with E-state index in [0.717, 1.165) is 24.3 Å². The highest BCUT2D eigenvalue weighted by Crippen LogP contribution is 2.30. The van der Waals surface area contributed by atoms with Gasteiger partial charge in [0, 0.05) is 31.1 Å². The van der Waals surface area contributed by atoms with Crippen LogP contribution < -0.4 is 5.32 Å². The molecule has 0 spiro atoms. The van der Waals surface area contributed by atoms with Crippen LogP contribution in [0.25, 0.3) is 0 Å². The van der Waals surface area contributed by atoms with Crippen LogP contribution in [0.3, 0.4) is 0 Å². The molecular weight excluding hydrogens is 483 g/mol. The zero-order valence-electron chi connectivity index (χ0n) is 18.9. The van der Waals surface area contributed by atoms with Gasteiger partial charge in [-0.25, -0.2) is 13.8 Å². The average molecular weight is 504 g/mol. The Bertz CT molecular complexity index is 1250. The maximum atomic E-state index is 14.6. The SMILES string of the molecule is N#CNC(=NCCc1cccc(C(F)(F)F)c1)N1CC(N2CCCC2=O)C(c2ccc(F)cc2F)=N1. The molecule has 0 saturated carbocycles. The van der Waals surface area contributed by atoms with Gasteiger partial charge >= 0.3 is 6.18 Å². The minimum Gasteiger partial charge on any atom is -0.332 e. The molecule has 1 N–H and O–H groups in total. The lowest BCUT2D eigenvalue weighted by Gasteiger charge is -2.25. The van der Waals surface area contributed by atoms with Crippen molar-refractivity contribution in [1.29, 1.82) is 5.26 Å². The Labute approximate surface area is 203 Å². The van der Waals surface area contributed by atoms with Crippen molar-refractivity contribution in [3.8, 4) is 6.19 Å². The number of alkyl halides is 3. The van der Waals surface area contributed by atoms with E-state index >= 15 is 0 Å². The molecule has 2 aromatic rings. The Hall–Kier alpha value is -4.01. The molecule has 2 heterocycles. The third-order valence-electron chi connectivity index (χ3n) is 5.91. The van der Waals surface area contributed by atoms with Crippen molar-refractivity contribution in [3.63, 3.8) is 0 Å². The molecule has 1 atom stereocenters. The lowest BCUT2D eigenvalue weighted by Crippen LogP contribution is -2.46. The van der Waals surface area contributed by atoms with E-state index in [1.165, 1.54) is 17.1 Å². The molecule has 0 bridgehead atoms. The van der Waals surface area contributed by atoms with Crippen LogP contribution in [0.4, 0.5) is 22.0 Å². The normalized spacial score (nSPS) is 18.4. The summed E-state index contributed by atoms with van der Waals surface area (Å²) in [5.41, 5.74) is -0.158. The number of nitrogens with one attached hydrogen (secondary N) is 1. The van der Waals surface area contributed by atoms with Gasteiger partial charge in [-0.1, -0.05) is 18.2 Å². The Balaban J connectivity index is 1.59. The number of rotatable bonds is 5. The van der Waals surface area contributed by atoms with E-state index in [-0.39, 0.29) is 42.7 Å². The summed E-state index contributed by atoms with van der Waals surface area (Å²) >= 11 is 0. The van der Waals surface area contributed by atoms with Crippen LogP contribution in [0.2, 0.25) is 0 Å². The van der Waals surface area contributed by atoms with Gasteiger partial charge in [-0.3, -0.25) is 15.1 Å². The Kier molecular flexibility index (Phi) is 7.19. The van der Waals surface area contributed by atoms with Gasteiger partial charge in [0.25, 0.3) is 0 Å². The van der Waals surface area contributed by atoms with E-state index in [1.54, 1.807) is 17.2 Å². The summed E-state index contributed by atoms with van der Waals surface area (Å²) in [7, 11) is 0. The number of amides is 1. The second-order valence-electron chi connectivity index (χ2n) is 8.29. The molecule has 7 nitrogen and oxygen atoms in total. The van der Waals surface area contributed by atoms with E-state index in [9.17, 15) is 32.0 Å². The highest BCUT2D eigenvalue weighted by atomic mass is 19.4. The fraction of sp³-hybridized carbons (Fsp3) is 0.333. The topological polar surface area (TPSA) is 84.1 Å². The molecule has 2 aliphatic rings. The lowest BCUT2D eigenvalue weighted by atomic mass is 10.0. The Morgan fingerprint density at radius 1 is 1.22 bits per heavy atom. The van der Waals surface area contributed by atoms with Crippen LogP contribution in [-0.2, 0) is 17.4 Å². The van der Waals surface area contributed by atoms with E-state index in [2.05, 4.69) is 15.4 Å². The molecular formula is C24H21F5N6O. The first-order chi connectivity index (χ1) is 17.2. The van der Waals surface area contributed by atoms with Gasteiger partial charge in [0.15, 0.2) is 6.19 Å². The second kappa shape index (κ2) is 10.3. The van der Waals surface area contributed by atoms with Crippen molar-refractivity contribution in [2.75, 3.05) is 19.6 Å². The summed E-state index contributed by atoms with van der Waals surface area (Å²) in [5.74, 6) is -1.74. The molecule has 0 aromatic heterocycles. The molecule has 0 radical (unpaired) electrons. The highest BCUT2D eigenvalue weighted by molar-refractivity contribution is 6.08. The average Bonchev–Trinajstić information content (AvgIpc) is 3.44. The number of benzene rings is 2. The molecule has 4 rings (SSSR count). The van der Waals surface area contributed by atoms with Gasteiger partial charge in [0.1, 0.15) is 11.6 Å². The Morgan fingerprint density at radius 3 is 2.69 bits per heavy atom. The zero-order valence-corrected chi connectivity index (χ0v) is 18.9. The number of hydrogen-bond donors (Lipinski definition) is 1. The second-order valence-corrected chi connectivity index (χ2v) is 8.29. The number of carbonyl (C=O) groups is 1.